The summed E-state index contributed by atoms with van der Waals surface area (Å²) in [5.41, 5.74) is 0. The number of rotatable bonds is 2. The summed E-state index contributed by atoms with van der Waals surface area (Å²) in [7, 11) is 0. The van der Waals surface area contributed by atoms with E-state index in [1.54, 1.807) is 6.92 Å². The molecule has 0 N–H and O–H groups in total. The van der Waals surface area contributed by atoms with Crippen LogP contribution in [0.1, 0.15) is 39.0 Å². The molecule has 1 nitrogen and oxygen atoms in total. The lowest BCUT2D eigenvalue weighted by Gasteiger charge is -2.19. The van der Waals surface area contributed by atoms with Gasteiger partial charge in [-0.2, -0.15) is 0 Å². The van der Waals surface area contributed by atoms with Gasteiger partial charge in [0.05, 0.1) is 0 Å². The predicted octanol–water partition coefficient (Wildman–Crippen LogP) is 2.40. The Kier molecular flexibility index (Phi) is 1.74. The Morgan fingerprint density at radius 3 is 2.64 bits per heavy atom. The Bertz CT molecular complexity index is 174. The van der Waals surface area contributed by atoms with Crippen molar-refractivity contribution in [1.82, 2.24) is 0 Å². The third-order valence-corrected chi connectivity index (χ3v) is 3.43. The van der Waals surface area contributed by atoms with Crippen LogP contribution in [0.5, 0.6) is 0 Å². The highest BCUT2D eigenvalue weighted by atomic mass is 16.1. The molecule has 3 atom stereocenters. The van der Waals surface area contributed by atoms with Crippen molar-refractivity contribution < 1.29 is 4.79 Å². The summed E-state index contributed by atoms with van der Waals surface area (Å²) in [4.78, 5) is 10.9. The molecule has 2 aliphatic rings. The summed E-state index contributed by atoms with van der Waals surface area (Å²) in [5, 5.41) is 0. The molecule has 0 saturated heterocycles. The van der Waals surface area contributed by atoms with E-state index in [9.17, 15) is 4.79 Å². The average Bonchev–Trinajstić information content (AvgIpc) is 2.45. The van der Waals surface area contributed by atoms with Gasteiger partial charge in [0, 0.05) is 6.42 Å². The van der Waals surface area contributed by atoms with Crippen LogP contribution in [0.2, 0.25) is 0 Å². The Morgan fingerprint density at radius 1 is 1.36 bits per heavy atom. The zero-order valence-electron chi connectivity index (χ0n) is 7.18. The fraction of sp³-hybridized carbons (Fsp3) is 0.900. The molecule has 2 aliphatic carbocycles. The van der Waals surface area contributed by atoms with Crippen molar-refractivity contribution in [1.29, 1.82) is 0 Å². The van der Waals surface area contributed by atoms with E-state index in [2.05, 4.69) is 0 Å². The fourth-order valence-electron chi connectivity index (χ4n) is 3.00. The Morgan fingerprint density at radius 2 is 2.18 bits per heavy atom. The van der Waals surface area contributed by atoms with Crippen molar-refractivity contribution in [2.45, 2.75) is 39.0 Å². The van der Waals surface area contributed by atoms with E-state index in [1.165, 1.54) is 25.7 Å². The topological polar surface area (TPSA) is 17.1 Å². The molecule has 2 rings (SSSR count). The molecule has 2 saturated carbocycles. The van der Waals surface area contributed by atoms with Crippen LogP contribution in [0.3, 0.4) is 0 Å². The molecule has 0 aliphatic heterocycles. The number of hydrogen-bond donors (Lipinski definition) is 0. The minimum Gasteiger partial charge on any atom is -0.300 e. The zero-order chi connectivity index (χ0) is 7.84. The second kappa shape index (κ2) is 2.62. The molecule has 0 unspecified atom stereocenters. The van der Waals surface area contributed by atoms with Crippen molar-refractivity contribution in [2.24, 2.45) is 17.8 Å². The molecular formula is C10H16O. The van der Waals surface area contributed by atoms with Gasteiger partial charge in [0.2, 0.25) is 0 Å². The second-order valence-electron chi connectivity index (χ2n) is 4.34. The molecule has 2 fully saturated rings. The highest BCUT2D eigenvalue weighted by Gasteiger charge is 2.39. The van der Waals surface area contributed by atoms with Crippen molar-refractivity contribution in [3.05, 3.63) is 0 Å². The molecule has 0 spiro atoms. The molecule has 0 heterocycles. The van der Waals surface area contributed by atoms with Crippen molar-refractivity contribution in [3.63, 3.8) is 0 Å². The standard InChI is InChI=1S/C10H16O/c1-7(11)4-10-6-8-2-3-9(10)5-8/h8-10H,2-6H2,1H3/t8-,9+,10+/m1/s1. The van der Waals surface area contributed by atoms with Crippen molar-refractivity contribution >= 4 is 5.78 Å². The Hall–Kier alpha value is -0.330. The molecule has 62 valence electrons. The minimum atomic E-state index is 0.391. The summed E-state index contributed by atoms with van der Waals surface area (Å²) in [6, 6.07) is 0. The molecule has 0 aromatic rings. The monoisotopic (exact) mass is 152 g/mol. The van der Waals surface area contributed by atoms with Crippen LogP contribution in [-0.2, 0) is 4.79 Å². The molecular weight excluding hydrogens is 136 g/mol. The van der Waals surface area contributed by atoms with Gasteiger partial charge < -0.3 is 4.79 Å². The van der Waals surface area contributed by atoms with Crippen LogP contribution in [0.25, 0.3) is 0 Å². The predicted molar refractivity (Wildman–Crippen MR) is 44.2 cm³/mol. The molecule has 0 aromatic carbocycles. The van der Waals surface area contributed by atoms with E-state index in [1.807, 2.05) is 0 Å². The van der Waals surface area contributed by atoms with Gasteiger partial charge in [-0.3, -0.25) is 0 Å². The van der Waals surface area contributed by atoms with Crippen molar-refractivity contribution in [3.8, 4) is 0 Å². The van der Waals surface area contributed by atoms with Crippen LogP contribution < -0.4 is 0 Å². The molecule has 2 bridgehead atoms. The maximum Gasteiger partial charge on any atom is 0.130 e. The second-order valence-corrected chi connectivity index (χ2v) is 4.34. The minimum absolute atomic E-state index is 0.391. The summed E-state index contributed by atoms with van der Waals surface area (Å²) >= 11 is 0. The lowest BCUT2D eigenvalue weighted by molar-refractivity contribution is -0.118. The van der Waals surface area contributed by atoms with Gasteiger partial charge in [-0.15, -0.1) is 0 Å². The number of hydrogen-bond acceptors (Lipinski definition) is 1. The quantitative estimate of drug-likeness (QED) is 0.593. The van der Waals surface area contributed by atoms with E-state index < -0.39 is 0 Å². The molecule has 0 amide bonds. The van der Waals surface area contributed by atoms with Gasteiger partial charge >= 0.3 is 0 Å². The first-order valence-electron chi connectivity index (χ1n) is 4.75. The summed E-state index contributed by atoms with van der Waals surface area (Å²) in [5.74, 6) is 3.07. The summed E-state index contributed by atoms with van der Waals surface area (Å²) in [6.07, 6.45) is 6.49. The van der Waals surface area contributed by atoms with Gasteiger partial charge in [-0.1, -0.05) is 6.42 Å². The normalized spacial score (nSPS) is 41.4. The zero-order valence-corrected chi connectivity index (χ0v) is 7.18. The Balaban J connectivity index is 1.92. The SMILES string of the molecule is CC(=O)C[C@H]1C[C@@H]2CC[C@H]1C2. The number of Topliss-reactive ketones (excluding diaryl/α,β-unsaturated/α-hetero) is 1. The van der Waals surface area contributed by atoms with Crippen LogP contribution in [0.15, 0.2) is 0 Å². The smallest absolute Gasteiger partial charge is 0.130 e. The largest absolute Gasteiger partial charge is 0.300 e. The van der Waals surface area contributed by atoms with Gasteiger partial charge in [0.25, 0.3) is 0 Å². The average molecular weight is 152 g/mol. The van der Waals surface area contributed by atoms with Crippen LogP contribution in [0.4, 0.5) is 0 Å². The molecule has 0 radical (unpaired) electrons. The fourth-order valence-corrected chi connectivity index (χ4v) is 3.00. The number of carbonyl (C=O) groups excluding carboxylic acids is 1. The van der Waals surface area contributed by atoms with Gasteiger partial charge in [-0.25, -0.2) is 0 Å². The van der Waals surface area contributed by atoms with Crippen LogP contribution in [-0.4, -0.2) is 5.78 Å². The highest BCUT2D eigenvalue weighted by molar-refractivity contribution is 5.75. The van der Waals surface area contributed by atoms with Crippen molar-refractivity contribution in [2.75, 3.05) is 0 Å². The van der Waals surface area contributed by atoms with E-state index in [0.29, 0.717) is 5.78 Å². The van der Waals surface area contributed by atoms with E-state index in [-0.39, 0.29) is 0 Å². The highest BCUT2D eigenvalue weighted by Crippen LogP contribution is 2.49. The lowest BCUT2D eigenvalue weighted by atomic mass is 9.85. The van der Waals surface area contributed by atoms with Gasteiger partial charge in [0.15, 0.2) is 0 Å². The van der Waals surface area contributed by atoms with Crippen LogP contribution >= 0.6 is 0 Å². The van der Waals surface area contributed by atoms with Gasteiger partial charge in [0.1, 0.15) is 5.78 Å². The van der Waals surface area contributed by atoms with E-state index in [4.69, 9.17) is 0 Å². The Labute approximate surface area is 68.2 Å². The number of carbonyl (C=O) groups is 1. The van der Waals surface area contributed by atoms with Gasteiger partial charge in [-0.05, 0) is 43.9 Å². The molecule has 1 heteroatoms. The third-order valence-electron chi connectivity index (χ3n) is 3.43. The first-order chi connectivity index (χ1) is 5.25. The summed E-state index contributed by atoms with van der Waals surface area (Å²) < 4.78 is 0. The first-order valence-corrected chi connectivity index (χ1v) is 4.75. The molecule has 0 aromatic heterocycles. The number of ketones is 1. The number of fused-ring (bicyclic) bond motifs is 2. The van der Waals surface area contributed by atoms with Crippen LogP contribution in [0, 0.1) is 17.8 Å². The third kappa shape index (κ3) is 1.33. The first kappa shape index (κ1) is 7.33. The lowest BCUT2D eigenvalue weighted by Crippen LogP contribution is -2.13. The van der Waals surface area contributed by atoms with E-state index in [0.717, 1.165) is 24.2 Å². The maximum absolute atomic E-state index is 10.9. The maximum atomic E-state index is 10.9. The molecule has 11 heavy (non-hydrogen) atoms. The van der Waals surface area contributed by atoms with E-state index >= 15 is 0 Å². The summed E-state index contributed by atoms with van der Waals surface area (Å²) in [6.45, 7) is 1.73.